The zero-order valence-corrected chi connectivity index (χ0v) is 16.0. The van der Waals surface area contributed by atoms with E-state index in [1.54, 1.807) is 24.3 Å². The number of aryl methyl sites for hydroxylation is 2. The number of pyridine rings is 1. The topological polar surface area (TPSA) is 105 Å². The lowest BCUT2D eigenvalue weighted by molar-refractivity contribution is -0.131. The van der Waals surface area contributed by atoms with Gasteiger partial charge in [-0.25, -0.2) is 18.3 Å². The van der Waals surface area contributed by atoms with E-state index >= 15 is 0 Å². The number of hydroxylamine groups is 1. The summed E-state index contributed by atoms with van der Waals surface area (Å²) in [6.45, 7) is 2.63. The van der Waals surface area contributed by atoms with Gasteiger partial charge >= 0.3 is 0 Å². The Bertz CT molecular complexity index is 1050. The Morgan fingerprint density at radius 3 is 2.48 bits per heavy atom. The van der Waals surface area contributed by atoms with E-state index < -0.39 is 43.8 Å². The molecule has 27 heavy (non-hydrogen) atoms. The molecule has 0 bridgehead atoms. The zero-order valence-electron chi connectivity index (χ0n) is 16.1. The molecule has 0 unspecified atom stereocenters. The van der Waals surface area contributed by atoms with Crippen LogP contribution in [0.3, 0.4) is 0 Å². The molecule has 2 N–H and O–H groups in total. The van der Waals surface area contributed by atoms with Crippen molar-refractivity contribution in [2.75, 3.05) is 6.26 Å². The number of nitrogens with one attached hydrogen (secondary N) is 1. The van der Waals surface area contributed by atoms with Crippen LogP contribution in [0.4, 0.5) is 4.39 Å². The number of aromatic nitrogens is 1. The fourth-order valence-corrected chi connectivity index (χ4v) is 3.38. The number of benzene rings is 1. The SMILES string of the molecule is [2H]N(O)C(=O)[C@@](C)(CCn1cc(F)c(-c2ccc(C)cc2)cc1=O)S(C)(=O)=O. The molecule has 9 heteroatoms. The van der Waals surface area contributed by atoms with Gasteiger partial charge in [-0.15, -0.1) is 0 Å². The molecule has 1 atom stereocenters. The van der Waals surface area contributed by atoms with Gasteiger partial charge in [-0.2, -0.15) is 0 Å². The van der Waals surface area contributed by atoms with Crippen LogP contribution in [0.2, 0.25) is 1.41 Å². The van der Waals surface area contributed by atoms with Crippen LogP contribution in [0.1, 0.15) is 18.9 Å². The molecule has 2 rings (SSSR count). The van der Waals surface area contributed by atoms with Gasteiger partial charge in [-0.05, 0) is 25.8 Å². The summed E-state index contributed by atoms with van der Waals surface area (Å²) in [6.07, 6.45) is 1.31. The van der Waals surface area contributed by atoms with Gasteiger partial charge in [0.1, 0.15) is 5.82 Å². The molecule has 1 aromatic heterocycles. The van der Waals surface area contributed by atoms with Gasteiger partial charge in [0.25, 0.3) is 11.5 Å². The summed E-state index contributed by atoms with van der Waals surface area (Å²) in [5.74, 6) is -2.04. The number of carbonyl (C=O) groups is 1. The maximum atomic E-state index is 14.5. The number of rotatable bonds is 6. The molecule has 146 valence electrons. The first kappa shape index (κ1) is 19.2. The van der Waals surface area contributed by atoms with Crippen molar-refractivity contribution in [3.63, 3.8) is 0 Å². The Labute approximate surface area is 157 Å². The van der Waals surface area contributed by atoms with Crippen molar-refractivity contribution in [3.05, 3.63) is 58.3 Å². The van der Waals surface area contributed by atoms with Gasteiger partial charge in [0.2, 0.25) is 0 Å². The number of halogens is 1. The normalized spacial score (nSPS) is 14.3. The average molecular weight is 397 g/mol. The second kappa shape index (κ2) is 7.61. The first-order chi connectivity index (χ1) is 12.9. The van der Waals surface area contributed by atoms with Gasteiger partial charge in [0.05, 0.1) is 0 Å². The van der Waals surface area contributed by atoms with Gasteiger partial charge in [-0.3, -0.25) is 14.8 Å². The molecule has 0 saturated heterocycles. The van der Waals surface area contributed by atoms with Crippen LogP contribution in [0.25, 0.3) is 11.1 Å². The van der Waals surface area contributed by atoms with Crippen LogP contribution >= 0.6 is 0 Å². The third-order valence-electron chi connectivity index (χ3n) is 4.63. The highest BCUT2D eigenvalue weighted by molar-refractivity contribution is 7.92. The smallest absolute Gasteiger partial charge is 0.264 e. The highest BCUT2D eigenvalue weighted by Crippen LogP contribution is 2.24. The standard InChI is InChI=1S/C18H21FN2O5S/c1-12-4-6-13(7-5-12)14-10-16(22)21(11-15(14)19)9-8-18(2,17(23)20-24)27(3,25)26/h4-7,10-11,24H,8-9H2,1-3H3,(H,20,23)/t18-/m1/s1/i/hD. The molecule has 2 aromatic rings. The first-order valence-electron chi connectivity index (χ1n) is 8.50. The lowest BCUT2D eigenvalue weighted by atomic mass is 10.0. The van der Waals surface area contributed by atoms with Gasteiger partial charge < -0.3 is 4.57 Å². The quantitative estimate of drug-likeness (QED) is 0.570. The van der Waals surface area contributed by atoms with Gasteiger partial charge in [0.15, 0.2) is 16.0 Å². The fraction of sp³-hybridized carbons (Fsp3) is 0.333. The summed E-state index contributed by atoms with van der Waals surface area (Å²) in [7, 11) is -4.04. The highest BCUT2D eigenvalue weighted by atomic mass is 32.2. The minimum absolute atomic E-state index is 0.107. The molecule has 0 saturated carbocycles. The van der Waals surface area contributed by atoms with Crippen molar-refractivity contribution >= 4 is 15.7 Å². The molecule has 0 aliphatic carbocycles. The third kappa shape index (κ3) is 4.25. The predicted octanol–water partition coefficient (Wildman–Crippen LogP) is 1.66. The number of hydrogen-bond donors (Lipinski definition) is 2. The molecular weight excluding hydrogens is 375 g/mol. The summed E-state index contributed by atoms with van der Waals surface area (Å²) < 4.78 is 44.4. The number of amides is 1. The van der Waals surface area contributed by atoms with E-state index in [1.165, 1.54) is 0 Å². The molecule has 1 amide bonds. The fourth-order valence-electron chi connectivity index (χ4n) is 2.56. The molecule has 1 aromatic carbocycles. The number of hydrogen-bond acceptors (Lipinski definition) is 5. The van der Waals surface area contributed by atoms with Crippen molar-refractivity contribution < 1.29 is 24.2 Å². The predicted molar refractivity (Wildman–Crippen MR) is 98.6 cm³/mol. The average Bonchev–Trinajstić information content (AvgIpc) is 2.60. The maximum absolute atomic E-state index is 14.5. The monoisotopic (exact) mass is 397 g/mol. The Hall–Kier alpha value is -2.52. The molecule has 0 radical (unpaired) electrons. The summed E-state index contributed by atoms with van der Waals surface area (Å²) in [4.78, 5) is 24.4. The molecule has 0 aliphatic rings. The van der Waals surface area contributed by atoms with Gasteiger partial charge in [0, 0.05) is 30.6 Å². The molecule has 0 spiro atoms. The van der Waals surface area contributed by atoms with E-state index in [2.05, 4.69) is 0 Å². The molecule has 0 fully saturated rings. The van der Waals surface area contributed by atoms with Crippen LogP contribution in [0.15, 0.2) is 41.3 Å². The van der Waals surface area contributed by atoms with E-state index in [4.69, 9.17) is 6.62 Å². The Morgan fingerprint density at radius 2 is 1.96 bits per heavy atom. The van der Waals surface area contributed by atoms with Crippen LogP contribution in [-0.4, -0.2) is 35.1 Å². The minimum atomic E-state index is -4.04. The van der Waals surface area contributed by atoms with Crippen molar-refractivity contribution in [3.8, 4) is 11.1 Å². The third-order valence-corrected chi connectivity index (χ3v) is 6.65. The van der Waals surface area contributed by atoms with Crippen molar-refractivity contribution in [2.24, 2.45) is 0 Å². The van der Waals surface area contributed by atoms with E-state index in [9.17, 15) is 22.4 Å². The van der Waals surface area contributed by atoms with Crippen LogP contribution in [0.5, 0.6) is 0 Å². The molecule has 1 heterocycles. The van der Waals surface area contributed by atoms with E-state index in [0.717, 1.165) is 35.6 Å². The Kier molecular flexibility index (Phi) is 5.43. The molecule has 7 nitrogen and oxygen atoms in total. The van der Waals surface area contributed by atoms with E-state index in [1.807, 2.05) is 6.92 Å². The van der Waals surface area contributed by atoms with Crippen LogP contribution < -0.4 is 11.0 Å². The van der Waals surface area contributed by atoms with Crippen LogP contribution in [0, 0.1) is 12.7 Å². The summed E-state index contributed by atoms with van der Waals surface area (Å²) in [5, 5.41) is 9.06. The Balaban J connectivity index is 2.37. The van der Waals surface area contributed by atoms with Crippen molar-refractivity contribution in [1.29, 1.82) is 0 Å². The van der Waals surface area contributed by atoms with E-state index in [0.29, 0.717) is 5.56 Å². The Morgan fingerprint density at radius 1 is 1.37 bits per heavy atom. The first-order valence-corrected chi connectivity index (χ1v) is 9.95. The second-order valence-electron chi connectivity index (χ2n) is 6.59. The lowest BCUT2D eigenvalue weighted by Gasteiger charge is -2.25. The number of nitrogens with zero attached hydrogens (tertiary/aromatic N) is 1. The number of sulfone groups is 1. The molecule has 0 aliphatic heterocycles. The lowest BCUT2D eigenvalue weighted by Crippen LogP contribution is -2.50. The minimum Gasteiger partial charge on any atom is -0.312 e. The summed E-state index contributed by atoms with van der Waals surface area (Å²) in [6, 6.07) is 8.03. The summed E-state index contributed by atoms with van der Waals surface area (Å²) in [5.41, 5.74) is 0.483. The van der Waals surface area contributed by atoms with Gasteiger partial charge in [-0.1, -0.05) is 29.8 Å². The highest BCUT2D eigenvalue weighted by Gasteiger charge is 2.43. The number of carbonyl (C=O) groups excluding carboxylic acids is 1. The van der Waals surface area contributed by atoms with Crippen molar-refractivity contribution in [2.45, 2.75) is 31.6 Å². The molecular formula is C18H21FN2O5S. The maximum Gasteiger partial charge on any atom is 0.264 e. The van der Waals surface area contributed by atoms with Crippen molar-refractivity contribution in [1.82, 2.24) is 10.0 Å². The van der Waals surface area contributed by atoms with Crippen LogP contribution in [-0.2, 0) is 21.2 Å². The largest absolute Gasteiger partial charge is 0.312 e. The second-order valence-corrected chi connectivity index (χ2v) is 9.04. The van der Waals surface area contributed by atoms with E-state index in [-0.39, 0.29) is 12.1 Å². The zero-order chi connectivity index (χ0) is 21.3. The summed E-state index contributed by atoms with van der Waals surface area (Å²) >= 11 is 0.